The normalized spacial score (nSPS) is 13.0. The molecule has 338 valence electrons. The van der Waals surface area contributed by atoms with Crippen LogP contribution in [0.4, 0.5) is 17.1 Å². The maximum absolute atomic E-state index is 14.3. The summed E-state index contributed by atoms with van der Waals surface area (Å²) in [6.07, 6.45) is 0. The van der Waals surface area contributed by atoms with E-state index in [0.29, 0.717) is 54.1 Å². The SMILES string of the molecule is O=c1c2ccccc2n2c3cc(-c4ccc5c(c4)Sc4cccc6c4B5c4cc(-c5ccc7c(=O)c8cccc9c(=O)c%10ccccc%10n(c7c5)c98)ccc4N6c4ccccc4)ccc3c(=O)c3cccc1c32. The smallest absolute Gasteiger partial charge is 0.249 e. The molecule has 73 heavy (non-hydrogen) atoms. The van der Waals surface area contributed by atoms with Gasteiger partial charge in [-0.3, -0.25) is 19.2 Å². The maximum Gasteiger partial charge on any atom is 0.249 e. The summed E-state index contributed by atoms with van der Waals surface area (Å²) >= 11 is 1.78. The topological polar surface area (TPSA) is 80.3 Å². The third-order valence-corrected chi connectivity index (χ3v) is 16.8. The fourth-order valence-corrected chi connectivity index (χ4v) is 13.6. The van der Waals surface area contributed by atoms with E-state index in [2.05, 4.69) is 105 Å². The lowest BCUT2D eigenvalue weighted by Gasteiger charge is -2.40. The van der Waals surface area contributed by atoms with Crippen molar-refractivity contribution in [2.45, 2.75) is 9.79 Å². The van der Waals surface area contributed by atoms with Gasteiger partial charge in [-0.15, -0.1) is 0 Å². The van der Waals surface area contributed by atoms with Gasteiger partial charge >= 0.3 is 0 Å². The van der Waals surface area contributed by atoms with E-state index >= 15 is 0 Å². The number of fused-ring (bicyclic) bond motifs is 12. The van der Waals surface area contributed by atoms with Crippen molar-refractivity contribution >= 4 is 128 Å². The van der Waals surface area contributed by atoms with E-state index in [0.717, 1.165) is 71.7 Å². The van der Waals surface area contributed by atoms with Gasteiger partial charge in [0.1, 0.15) is 0 Å². The van der Waals surface area contributed by atoms with Crippen molar-refractivity contribution in [1.82, 2.24) is 8.80 Å². The van der Waals surface area contributed by atoms with Crippen molar-refractivity contribution in [2.75, 3.05) is 4.90 Å². The first-order valence-electron chi connectivity index (χ1n) is 24.4. The van der Waals surface area contributed by atoms with Gasteiger partial charge in [-0.1, -0.05) is 114 Å². The summed E-state index contributed by atoms with van der Waals surface area (Å²) in [5, 5.41) is 4.52. The number of pyridine rings is 4. The molecule has 4 aromatic heterocycles. The van der Waals surface area contributed by atoms with Crippen LogP contribution in [0.15, 0.2) is 235 Å². The van der Waals surface area contributed by atoms with Crippen molar-refractivity contribution in [1.29, 1.82) is 0 Å². The fourth-order valence-electron chi connectivity index (χ4n) is 12.4. The quantitative estimate of drug-likeness (QED) is 0.0997. The van der Waals surface area contributed by atoms with Crippen LogP contribution in [0.2, 0.25) is 0 Å². The highest BCUT2D eigenvalue weighted by molar-refractivity contribution is 8.00. The van der Waals surface area contributed by atoms with E-state index in [-0.39, 0.29) is 28.4 Å². The van der Waals surface area contributed by atoms with Crippen molar-refractivity contribution in [3.63, 3.8) is 0 Å². The van der Waals surface area contributed by atoms with E-state index in [9.17, 15) is 19.2 Å². The number of benzene rings is 10. The minimum absolute atomic E-state index is 0.0784. The molecule has 2 aliphatic heterocycles. The zero-order valence-corrected chi connectivity index (χ0v) is 39.4. The molecule has 0 bridgehead atoms. The van der Waals surface area contributed by atoms with E-state index in [1.807, 2.05) is 103 Å². The second-order valence-electron chi connectivity index (χ2n) is 19.3. The average molecular weight is 952 g/mol. The van der Waals surface area contributed by atoms with E-state index < -0.39 is 0 Å². The largest absolute Gasteiger partial charge is 0.311 e. The molecule has 14 aromatic rings. The average Bonchev–Trinajstić information content (AvgIpc) is 3.44. The Balaban J connectivity index is 0.903. The molecule has 0 fully saturated rings. The van der Waals surface area contributed by atoms with Crippen molar-refractivity contribution in [3.05, 3.63) is 247 Å². The molecular formula is C64H34BN3O4S. The molecule has 0 radical (unpaired) electrons. The van der Waals surface area contributed by atoms with Crippen LogP contribution in [0, 0.1) is 0 Å². The van der Waals surface area contributed by atoms with Crippen LogP contribution in [-0.4, -0.2) is 15.5 Å². The van der Waals surface area contributed by atoms with Gasteiger partial charge in [-0.05, 0) is 142 Å². The predicted octanol–water partition coefficient (Wildman–Crippen LogP) is 11.5. The molecule has 16 rings (SSSR count). The van der Waals surface area contributed by atoms with E-state index in [1.165, 1.54) is 15.8 Å². The standard InChI is InChI=1S/C64H34BN3O4S/c69-61-40-13-4-6-19-50(40)67-54-32-36(23-27-42(54)63(71)46-17-8-15-44(61)59(46)67)35-26-30-52-49(31-35)65-48-29-25-38(34-57(48)73-56-22-10-21-53(58(56)65)66(52)39-11-2-1-3-12-39)37-24-28-43-55(33-37)68-51-20-7-5-14-41(51)62(70)45-16-9-18-47(60(45)68)64(43)72/h1-34H. The summed E-state index contributed by atoms with van der Waals surface area (Å²) in [4.78, 5) is 60.9. The minimum atomic E-state index is -0.112. The molecule has 6 heterocycles. The molecule has 7 nitrogen and oxygen atoms in total. The highest BCUT2D eigenvalue weighted by Gasteiger charge is 2.41. The summed E-state index contributed by atoms with van der Waals surface area (Å²) in [6, 6.07) is 69.0. The van der Waals surface area contributed by atoms with Crippen LogP contribution < -0.4 is 43.0 Å². The highest BCUT2D eigenvalue weighted by Crippen LogP contribution is 2.43. The van der Waals surface area contributed by atoms with Crippen LogP contribution in [0.1, 0.15) is 0 Å². The zero-order chi connectivity index (χ0) is 48.4. The molecule has 0 amide bonds. The summed E-state index contributed by atoms with van der Waals surface area (Å²) < 4.78 is 4.21. The number of hydrogen-bond acceptors (Lipinski definition) is 6. The monoisotopic (exact) mass is 951 g/mol. The number of hydrogen-bond donors (Lipinski definition) is 0. The zero-order valence-electron chi connectivity index (χ0n) is 38.6. The van der Waals surface area contributed by atoms with Gasteiger partial charge in [0, 0.05) is 69.9 Å². The summed E-state index contributed by atoms with van der Waals surface area (Å²) in [7, 11) is 0. The van der Waals surface area contributed by atoms with Crippen LogP contribution >= 0.6 is 11.8 Å². The number of rotatable bonds is 3. The van der Waals surface area contributed by atoms with Crippen LogP contribution in [0.5, 0.6) is 0 Å². The van der Waals surface area contributed by atoms with Gasteiger partial charge in [-0.25, -0.2) is 0 Å². The maximum atomic E-state index is 14.3. The Kier molecular flexibility index (Phi) is 8.10. The molecule has 0 saturated carbocycles. The lowest BCUT2D eigenvalue weighted by Crippen LogP contribution is -2.59. The first-order valence-corrected chi connectivity index (χ1v) is 25.2. The Morgan fingerprint density at radius 1 is 0.329 bits per heavy atom. The van der Waals surface area contributed by atoms with Gasteiger partial charge in [0.25, 0.3) is 0 Å². The predicted molar refractivity (Wildman–Crippen MR) is 302 cm³/mol. The summed E-state index contributed by atoms with van der Waals surface area (Å²) in [5.74, 6) is 0. The molecule has 0 spiro atoms. The second-order valence-corrected chi connectivity index (χ2v) is 20.4. The molecule has 10 aromatic carbocycles. The van der Waals surface area contributed by atoms with Crippen LogP contribution in [-0.2, 0) is 0 Å². The fraction of sp³-hybridized carbons (Fsp3) is 0. The second kappa shape index (κ2) is 14.6. The molecule has 9 heteroatoms. The minimum Gasteiger partial charge on any atom is -0.311 e. The Hall–Kier alpha value is -9.31. The lowest BCUT2D eigenvalue weighted by molar-refractivity contribution is 1.27. The number of nitrogens with zero attached hydrogens (tertiary/aromatic N) is 3. The lowest BCUT2D eigenvalue weighted by atomic mass is 9.34. The number of anilines is 3. The third-order valence-electron chi connectivity index (χ3n) is 15.6. The van der Waals surface area contributed by atoms with Gasteiger partial charge < -0.3 is 13.7 Å². The Morgan fingerprint density at radius 2 is 0.795 bits per heavy atom. The number of para-hydroxylation sites is 5. The number of aromatic nitrogens is 2. The van der Waals surface area contributed by atoms with Gasteiger partial charge in [0.05, 0.1) is 33.1 Å². The van der Waals surface area contributed by atoms with E-state index in [1.54, 1.807) is 23.9 Å². The molecular weight excluding hydrogens is 918 g/mol. The Labute approximate surface area is 418 Å². The summed E-state index contributed by atoms with van der Waals surface area (Å²) in [6.45, 7) is -0.112. The van der Waals surface area contributed by atoms with Crippen molar-refractivity contribution in [3.8, 4) is 22.3 Å². The summed E-state index contributed by atoms with van der Waals surface area (Å²) in [5.41, 5.74) is 14.8. The van der Waals surface area contributed by atoms with Gasteiger partial charge in [0.15, 0.2) is 21.7 Å². The Bertz CT molecular complexity index is 5040. The van der Waals surface area contributed by atoms with Gasteiger partial charge in [0.2, 0.25) is 6.71 Å². The van der Waals surface area contributed by atoms with Crippen molar-refractivity contribution < 1.29 is 0 Å². The van der Waals surface area contributed by atoms with Gasteiger partial charge in [-0.2, -0.15) is 0 Å². The highest BCUT2D eigenvalue weighted by atomic mass is 32.2. The molecule has 0 atom stereocenters. The molecule has 0 aliphatic carbocycles. The Morgan fingerprint density at radius 3 is 1.38 bits per heavy atom. The molecule has 0 N–H and O–H groups in total. The van der Waals surface area contributed by atoms with E-state index in [4.69, 9.17) is 0 Å². The van der Waals surface area contributed by atoms with Crippen LogP contribution in [0.3, 0.4) is 0 Å². The van der Waals surface area contributed by atoms with Crippen molar-refractivity contribution in [2.24, 2.45) is 0 Å². The first-order chi connectivity index (χ1) is 35.9. The first kappa shape index (κ1) is 40.4. The van der Waals surface area contributed by atoms with Crippen LogP contribution in [0.25, 0.3) is 98.4 Å². The molecule has 0 saturated heterocycles. The third kappa shape index (κ3) is 5.41. The molecule has 2 aliphatic rings. The molecule has 0 unspecified atom stereocenters.